The lowest BCUT2D eigenvalue weighted by Gasteiger charge is -2.23. The van der Waals surface area contributed by atoms with Crippen LogP contribution >= 0.6 is 15.3 Å². The first-order valence-electron chi connectivity index (χ1n) is 8.50. The van der Waals surface area contributed by atoms with Gasteiger partial charge >= 0.3 is 0 Å². The van der Waals surface area contributed by atoms with Crippen LogP contribution in [0.4, 0.5) is 0 Å². The summed E-state index contributed by atoms with van der Waals surface area (Å²) >= 11 is 0. The molecule has 0 heterocycles. The highest BCUT2D eigenvalue weighted by atomic mass is 31.2. The van der Waals surface area contributed by atoms with E-state index >= 15 is 0 Å². The lowest BCUT2D eigenvalue weighted by molar-refractivity contribution is 0.235. The summed E-state index contributed by atoms with van der Waals surface area (Å²) in [6.07, 6.45) is 0.638. The fraction of sp³-hybridized carbons (Fsp3) is 0.143. The zero-order valence-electron chi connectivity index (χ0n) is 14.3. The highest BCUT2D eigenvalue weighted by Crippen LogP contribution is 2.55. The van der Waals surface area contributed by atoms with E-state index < -0.39 is 21.1 Å². The van der Waals surface area contributed by atoms with Gasteiger partial charge in [0, 0.05) is 6.16 Å². The third-order valence-electron chi connectivity index (χ3n) is 4.26. The molecule has 0 saturated carbocycles. The van der Waals surface area contributed by atoms with Crippen LogP contribution in [0, 0.1) is 0 Å². The van der Waals surface area contributed by atoms with Crippen molar-refractivity contribution < 1.29 is 14.6 Å². The second-order valence-electron chi connectivity index (χ2n) is 6.09. The summed E-state index contributed by atoms with van der Waals surface area (Å²) in [5.74, 6) is -1.34. The first-order valence-corrected chi connectivity index (χ1v) is 11.9. The largest absolute Gasteiger partial charge is 0.378 e. The molecule has 0 spiro atoms. The normalized spacial score (nSPS) is 14.7. The van der Waals surface area contributed by atoms with E-state index in [2.05, 4.69) is 24.3 Å². The topological polar surface area (TPSA) is 57.5 Å². The number of hydrogen-bond acceptors (Lipinski definition) is 2. The van der Waals surface area contributed by atoms with Crippen molar-refractivity contribution in [2.45, 2.75) is 5.85 Å². The van der Waals surface area contributed by atoms with Gasteiger partial charge in [-0.2, -0.15) is 0 Å². The maximum absolute atomic E-state index is 12.8. The van der Waals surface area contributed by atoms with Crippen molar-refractivity contribution in [2.75, 3.05) is 12.3 Å². The van der Waals surface area contributed by atoms with E-state index in [0.717, 1.165) is 0 Å². The molecule has 3 aromatic carbocycles. The van der Waals surface area contributed by atoms with E-state index in [1.54, 1.807) is 24.3 Å². The first kappa shape index (κ1) is 19.0. The SMILES string of the molecule is O=P(O)(CCP(c1ccccc1)c1ccccc1)C(O)c1ccccc1. The zero-order valence-corrected chi connectivity index (χ0v) is 16.1. The third-order valence-corrected chi connectivity index (χ3v) is 9.05. The number of aliphatic hydroxyl groups is 1. The summed E-state index contributed by atoms with van der Waals surface area (Å²) in [4.78, 5) is 10.5. The Hall–Kier alpha value is -1.76. The van der Waals surface area contributed by atoms with E-state index in [1.807, 2.05) is 42.5 Å². The Labute approximate surface area is 155 Å². The number of rotatable bonds is 7. The van der Waals surface area contributed by atoms with Crippen molar-refractivity contribution in [1.82, 2.24) is 0 Å². The summed E-state index contributed by atoms with van der Waals surface area (Å²) in [5.41, 5.74) is 0.488. The van der Waals surface area contributed by atoms with Gasteiger partial charge in [-0.25, -0.2) is 0 Å². The monoisotopic (exact) mass is 384 g/mol. The number of hydrogen-bond donors (Lipinski definition) is 2. The fourth-order valence-corrected chi connectivity index (χ4v) is 7.55. The molecule has 0 aliphatic rings. The molecule has 0 bridgehead atoms. The van der Waals surface area contributed by atoms with Crippen LogP contribution in [0.3, 0.4) is 0 Å². The molecular weight excluding hydrogens is 362 g/mol. The van der Waals surface area contributed by atoms with E-state index in [4.69, 9.17) is 0 Å². The van der Waals surface area contributed by atoms with E-state index in [1.165, 1.54) is 10.6 Å². The molecule has 0 saturated heterocycles. The van der Waals surface area contributed by atoms with Crippen LogP contribution in [0.2, 0.25) is 0 Å². The maximum atomic E-state index is 12.8. The highest BCUT2D eigenvalue weighted by Gasteiger charge is 2.31. The van der Waals surface area contributed by atoms with Crippen molar-refractivity contribution in [1.29, 1.82) is 0 Å². The molecule has 3 rings (SSSR count). The molecule has 0 aromatic heterocycles. The molecule has 5 heteroatoms. The van der Waals surface area contributed by atoms with Gasteiger partial charge in [-0.3, -0.25) is 4.57 Å². The van der Waals surface area contributed by atoms with Gasteiger partial charge in [0.2, 0.25) is 7.37 Å². The second kappa shape index (κ2) is 8.75. The minimum Gasteiger partial charge on any atom is -0.378 e. The lowest BCUT2D eigenvalue weighted by Crippen LogP contribution is -2.16. The zero-order chi connectivity index (χ0) is 18.4. The number of aliphatic hydroxyl groups excluding tert-OH is 1. The Balaban J connectivity index is 1.80. The Morgan fingerprint density at radius 2 is 1.19 bits per heavy atom. The van der Waals surface area contributed by atoms with Gasteiger partial charge in [0.15, 0.2) is 5.85 Å². The average Bonchev–Trinajstić information content (AvgIpc) is 2.70. The van der Waals surface area contributed by atoms with Crippen molar-refractivity contribution in [3.05, 3.63) is 96.6 Å². The Morgan fingerprint density at radius 1 is 0.769 bits per heavy atom. The molecule has 134 valence electrons. The lowest BCUT2D eigenvalue weighted by atomic mass is 10.2. The Bertz CT molecular complexity index is 815. The minimum absolute atomic E-state index is 0.0819. The fourth-order valence-electron chi connectivity index (χ4n) is 2.85. The standard InChI is InChI=1S/C21H22O3P2/c22-21(18-10-4-1-5-11-18)26(23,24)17-16-25(19-12-6-2-7-13-19)20-14-8-3-9-15-20/h1-15,21-22H,16-17H2,(H,23,24). The van der Waals surface area contributed by atoms with Crippen molar-refractivity contribution >= 4 is 25.9 Å². The number of benzene rings is 3. The summed E-state index contributed by atoms with van der Waals surface area (Å²) < 4.78 is 12.8. The highest BCUT2D eigenvalue weighted by molar-refractivity contribution is 7.73. The summed E-state index contributed by atoms with van der Waals surface area (Å²) in [5, 5.41) is 12.7. The molecule has 26 heavy (non-hydrogen) atoms. The van der Waals surface area contributed by atoms with Crippen LogP contribution in [0.5, 0.6) is 0 Å². The molecule has 3 nitrogen and oxygen atoms in total. The van der Waals surface area contributed by atoms with E-state index in [9.17, 15) is 14.6 Å². The molecule has 2 atom stereocenters. The Morgan fingerprint density at radius 3 is 1.65 bits per heavy atom. The van der Waals surface area contributed by atoms with Gasteiger partial charge in [0.05, 0.1) is 0 Å². The van der Waals surface area contributed by atoms with E-state index in [0.29, 0.717) is 11.7 Å². The first-order chi connectivity index (χ1) is 12.6. The van der Waals surface area contributed by atoms with Gasteiger partial charge in [-0.1, -0.05) is 91.0 Å². The van der Waals surface area contributed by atoms with Gasteiger partial charge in [0.25, 0.3) is 0 Å². The molecule has 2 unspecified atom stereocenters. The molecule has 0 aliphatic heterocycles. The molecular formula is C21H22O3P2. The molecule has 0 radical (unpaired) electrons. The van der Waals surface area contributed by atoms with Crippen LogP contribution in [0.25, 0.3) is 0 Å². The van der Waals surface area contributed by atoms with Crippen LogP contribution in [0.1, 0.15) is 11.4 Å². The molecule has 0 aliphatic carbocycles. The van der Waals surface area contributed by atoms with Gasteiger partial charge in [-0.05, 0) is 30.3 Å². The third kappa shape index (κ3) is 4.69. The van der Waals surface area contributed by atoms with Crippen LogP contribution in [-0.4, -0.2) is 22.3 Å². The smallest absolute Gasteiger partial charge is 0.233 e. The minimum atomic E-state index is -3.73. The van der Waals surface area contributed by atoms with Crippen LogP contribution in [-0.2, 0) is 4.57 Å². The van der Waals surface area contributed by atoms with Gasteiger partial charge in [0.1, 0.15) is 0 Å². The van der Waals surface area contributed by atoms with Crippen molar-refractivity contribution in [3.63, 3.8) is 0 Å². The van der Waals surface area contributed by atoms with Crippen LogP contribution < -0.4 is 10.6 Å². The summed E-state index contributed by atoms with van der Waals surface area (Å²) in [6, 6.07) is 28.9. The second-order valence-corrected chi connectivity index (χ2v) is 10.9. The van der Waals surface area contributed by atoms with Crippen molar-refractivity contribution in [3.8, 4) is 0 Å². The summed E-state index contributed by atoms with van der Waals surface area (Å²) in [6.45, 7) is 0. The molecule has 0 fully saturated rings. The van der Waals surface area contributed by atoms with E-state index in [-0.39, 0.29) is 6.16 Å². The van der Waals surface area contributed by atoms with Gasteiger partial charge in [-0.15, -0.1) is 0 Å². The van der Waals surface area contributed by atoms with Crippen LogP contribution in [0.15, 0.2) is 91.0 Å². The predicted molar refractivity (Wildman–Crippen MR) is 110 cm³/mol. The molecule has 3 aromatic rings. The predicted octanol–water partition coefficient (Wildman–Crippen LogP) is 4.08. The van der Waals surface area contributed by atoms with Gasteiger partial charge < -0.3 is 10.00 Å². The molecule has 0 amide bonds. The molecule has 2 N–H and O–H groups in total. The quantitative estimate of drug-likeness (QED) is 0.604. The summed E-state index contributed by atoms with van der Waals surface area (Å²) in [7, 11) is -4.48. The maximum Gasteiger partial charge on any atom is 0.233 e. The Kier molecular flexibility index (Phi) is 6.40. The average molecular weight is 384 g/mol. The van der Waals surface area contributed by atoms with Crippen molar-refractivity contribution in [2.24, 2.45) is 0 Å².